The van der Waals surface area contributed by atoms with Crippen molar-refractivity contribution in [2.24, 2.45) is 5.41 Å². The highest BCUT2D eigenvalue weighted by molar-refractivity contribution is 6.11. The Morgan fingerprint density at radius 2 is 1.15 bits per heavy atom. The summed E-state index contributed by atoms with van der Waals surface area (Å²) in [5.74, 6) is -3.49. The second-order valence-corrected chi connectivity index (χ2v) is 11.0. The maximum absolute atomic E-state index is 12.7. The second-order valence-electron chi connectivity index (χ2n) is 11.0. The highest BCUT2D eigenvalue weighted by Gasteiger charge is 2.23. The molecule has 14 nitrogen and oxygen atoms in total. The lowest BCUT2D eigenvalue weighted by Crippen LogP contribution is -2.28. The van der Waals surface area contributed by atoms with Gasteiger partial charge in [0.2, 0.25) is 0 Å². The molecular formula is C33H29N3O11. The van der Waals surface area contributed by atoms with E-state index in [4.69, 9.17) is 9.47 Å². The molecule has 0 aliphatic rings. The molecule has 47 heavy (non-hydrogen) atoms. The third-order valence-electron chi connectivity index (χ3n) is 6.65. The van der Waals surface area contributed by atoms with Crippen molar-refractivity contribution in [1.29, 1.82) is 0 Å². The Morgan fingerprint density at radius 3 is 1.62 bits per heavy atom. The number of aromatic hydroxyl groups is 1. The van der Waals surface area contributed by atoms with Gasteiger partial charge in [-0.05, 0) is 72.8 Å². The molecule has 0 heterocycles. The summed E-state index contributed by atoms with van der Waals surface area (Å²) in [7, 11) is 0. The number of nitrogens with one attached hydrogen (secondary N) is 2. The number of carboxylic acid groups (broad SMARTS) is 2. The smallest absolute Gasteiger partial charge is 0.336 e. The zero-order valence-corrected chi connectivity index (χ0v) is 25.1. The molecule has 0 aliphatic heterocycles. The molecule has 0 unspecified atom stereocenters. The van der Waals surface area contributed by atoms with Crippen LogP contribution in [0.4, 0.5) is 17.1 Å². The molecule has 5 N–H and O–H groups in total. The second kappa shape index (κ2) is 14.1. The van der Waals surface area contributed by atoms with E-state index in [1.54, 1.807) is 48.5 Å². The third kappa shape index (κ3) is 8.82. The van der Waals surface area contributed by atoms with Crippen LogP contribution in [0.5, 0.6) is 17.2 Å². The van der Waals surface area contributed by atoms with Crippen LogP contribution < -0.4 is 20.1 Å². The molecule has 242 valence electrons. The number of hydrogen-bond acceptors (Lipinski definition) is 9. The molecule has 4 aromatic carbocycles. The standard InChI is InChI=1S/C33H29N3O11/c1-33(2,17-46-23-9-3-19(4-10-23)34-29(38)25-14-8-22(37)16-28(25)32(42)43)18-47-24-11-5-20(6-12-24)35-30(39)27-15-21(36(44)45)7-13-26(27)31(40)41/h3-16,37H,17-18H2,1-2H3,(H,34,38)(H,35,39)(H,40,41)(H,42,43). The molecule has 4 aromatic rings. The minimum absolute atomic E-state index is 0.105. The normalized spacial score (nSPS) is 10.9. The van der Waals surface area contributed by atoms with E-state index in [9.17, 15) is 44.6 Å². The average Bonchev–Trinajstić information content (AvgIpc) is 3.03. The lowest BCUT2D eigenvalue weighted by molar-refractivity contribution is -0.384. The van der Waals surface area contributed by atoms with Crippen LogP contribution in [0.25, 0.3) is 0 Å². The summed E-state index contributed by atoms with van der Waals surface area (Å²) >= 11 is 0. The topological polar surface area (TPSA) is 215 Å². The molecule has 4 rings (SSSR count). The molecule has 0 aromatic heterocycles. The number of amides is 2. The van der Waals surface area contributed by atoms with E-state index in [-0.39, 0.29) is 41.2 Å². The van der Waals surface area contributed by atoms with E-state index in [0.29, 0.717) is 22.9 Å². The molecular weight excluding hydrogens is 614 g/mol. The number of anilines is 2. The van der Waals surface area contributed by atoms with E-state index in [2.05, 4.69) is 10.6 Å². The van der Waals surface area contributed by atoms with Crippen molar-refractivity contribution in [3.8, 4) is 17.2 Å². The highest BCUT2D eigenvalue weighted by atomic mass is 16.6. The van der Waals surface area contributed by atoms with Crippen molar-refractivity contribution in [1.82, 2.24) is 0 Å². The number of carbonyl (C=O) groups excluding carboxylic acids is 2. The van der Waals surface area contributed by atoms with Gasteiger partial charge in [-0.2, -0.15) is 0 Å². The summed E-state index contributed by atoms with van der Waals surface area (Å²) < 4.78 is 11.8. The van der Waals surface area contributed by atoms with Crippen LogP contribution in [-0.2, 0) is 0 Å². The number of benzene rings is 4. The van der Waals surface area contributed by atoms with Gasteiger partial charge in [0, 0.05) is 28.9 Å². The van der Waals surface area contributed by atoms with E-state index in [0.717, 1.165) is 24.3 Å². The van der Waals surface area contributed by atoms with E-state index < -0.39 is 39.8 Å². The van der Waals surface area contributed by atoms with Gasteiger partial charge in [-0.25, -0.2) is 9.59 Å². The molecule has 0 spiro atoms. The highest BCUT2D eigenvalue weighted by Crippen LogP contribution is 2.25. The van der Waals surface area contributed by atoms with Crippen LogP contribution in [0.2, 0.25) is 0 Å². The molecule has 2 amide bonds. The number of nitrogens with zero attached hydrogens (tertiary/aromatic N) is 1. The van der Waals surface area contributed by atoms with Gasteiger partial charge in [0.25, 0.3) is 17.5 Å². The number of ether oxygens (including phenoxy) is 2. The minimum Gasteiger partial charge on any atom is -0.508 e. The van der Waals surface area contributed by atoms with Gasteiger partial charge in [0.15, 0.2) is 0 Å². The van der Waals surface area contributed by atoms with Crippen molar-refractivity contribution >= 4 is 40.8 Å². The maximum Gasteiger partial charge on any atom is 0.336 e. The summed E-state index contributed by atoms with van der Waals surface area (Å²) in [6.45, 7) is 4.36. The predicted octanol–water partition coefficient (Wildman–Crippen LogP) is 5.69. The fraction of sp³-hybridized carbons (Fsp3) is 0.152. The van der Waals surface area contributed by atoms with Gasteiger partial charge in [-0.15, -0.1) is 0 Å². The van der Waals surface area contributed by atoms with Crippen LogP contribution in [-0.4, -0.2) is 57.2 Å². The first-order valence-electron chi connectivity index (χ1n) is 13.9. The van der Waals surface area contributed by atoms with Crippen LogP contribution in [0.1, 0.15) is 55.3 Å². The van der Waals surface area contributed by atoms with Crippen molar-refractivity contribution in [3.05, 3.63) is 117 Å². The maximum atomic E-state index is 12.7. The number of non-ortho nitro benzene ring substituents is 1. The molecule has 0 fully saturated rings. The number of nitro groups is 1. The fourth-order valence-corrected chi connectivity index (χ4v) is 4.19. The number of carboxylic acids is 2. The van der Waals surface area contributed by atoms with Crippen LogP contribution in [0, 0.1) is 15.5 Å². The summed E-state index contributed by atoms with van der Waals surface area (Å²) in [6.07, 6.45) is 0. The van der Waals surface area contributed by atoms with Crippen molar-refractivity contribution in [2.45, 2.75) is 13.8 Å². The molecule has 0 atom stereocenters. The van der Waals surface area contributed by atoms with E-state index >= 15 is 0 Å². The number of carbonyl (C=O) groups is 4. The van der Waals surface area contributed by atoms with Crippen molar-refractivity contribution < 1.29 is 48.9 Å². The van der Waals surface area contributed by atoms with Crippen LogP contribution in [0.3, 0.4) is 0 Å². The number of phenolic OH excluding ortho intramolecular Hbond substituents is 1. The van der Waals surface area contributed by atoms with Gasteiger partial charge >= 0.3 is 11.9 Å². The third-order valence-corrected chi connectivity index (χ3v) is 6.65. The Bertz CT molecular complexity index is 1840. The SMILES string of the molecule is CC(C)(COc1ccc(NC(=O)c2ccc(O)cc2C(=O)O)cc1)COc1ccc(NC(=O)c2cc([N+](=O)[O-])ccc2C(=O)O)cc1. The minimum atomic E-state index is -1.40. The quantitative estimate of drug-likeness (QED) is 0.0881. The zero-order valence-electron chi connectivity index (χ0n) is 25.1. The number of phenols is 1. The van der Waals surface area contributed by atoms with Crippen molar-refractivity contribution in [3.63, 3.8) is 0 Å². The molecule has 0 bridgehead atoms. The lowest BCUT2D eigenvalue weighted by atomic mass is 9.96. The molecule has 0 radical (unpaired) electrons. The monoisotopic (exact) mass is 643 g/mol. The van der Waals surface area contributed by atoms with Gasteiger partial charge in [-0.3, -0.25) is 19.7 Å². The van der Waals surface area contributed by atoms with Gasteiger partial charge < -0.3 is 35.4 Å². The van der Waals surface area contributed by atoms with Crippen LogP contribution >= 0.6 is 0 Å². The van der Waals surface area contributed by atoms with Crippen molar-refractivity contribution in [2.75, 3.05) is 23.8 Å². The molecule has 0 saturated carbocycles. The fourth-order valence-electron chi connectivity index (χ4n) is 4.19. The number of rotatable bonds is 13. The predicted molar refractivity (Wildman–Crippen MR) is 169 cm³/mol. The first kappa shape index (κ1) is 33.5. The molecule has 0 aliphatic carbocycles. The first-order valence-corrected chi connectivity index (χ1v) is 13.9. The summed E-state index contributed by atoms with van der Waals surface area (Å²) in [5.41, 5.74) is -1.31. The van der Waals surface area contributed by atoms with Gasteiger partial charge in [0.1, 0.15) is 17.2 Å². The number of aromatic carboxylic acids is 2. The average molecular weight is 644 g/mol. The zero-order chi connectivity index (χ0) is 34.3. The number of nitro benzene ring substituents is 1. The lowest BCUT2D eigenvalue weighted by Gasteiger charge is -2.25. The Labute approximate surface area is 267 Å². The summed E-state index contributed by atoms with van der Waals surface area (Å²) in [5, 5.41) is 44.5. The van der Waals surface area contributed by atoms with E-state index in [1.165, 1.54) is 12.1 Å². The first-order chi connectivity index (χ1) is 22.2. The molecule has 14 heteroatoms. The Hall–Kier alpha value is -6.44. The Morgan fingerprint density at radius 1 is 0.681 bits per heavy atom. The largest absolute Gasteiger partial charge is 0.508 e. The van der Waals surface area contributed by atoms with Gasteiger partial charge in [0.05, 0.1) is 40.4 Å². The summed E-state index contributed by atoms with van der Waals surface area (Å²) in [4.78, 5) is 58.6. The van der Waals surface area contributed by atoms with Crippen LogP contribution in [0.15, 0.2) is 84.9 Å². The Kier molecular flexibility index (Phi) is 10.0. The summed E-state index contributed by atoms with van der Waals surface area (Å²) in [6, 6.07) is 19.1. The number of hydrogen-bond donors (Lipinski definition) is 5. The molecule has 0 saturated heterocycles. The van der Waals surface area contributed by atoms with E-state index in [1.807, 2.05) is 13.8 Å². The Balaban J connectivity index is 1.29. The van der Waals surface area contributed by atoms with Gasteiger partial charge in [-0.1, -0.05) is 13.8 Å².